The lowest BCUT2D eigenvalue weighted by Gasteiger charge is -2.17. The molecule has 1 amide bonds. The van der Waals surface area contributed by atoms with Gasteiger partial charge in [0.2, 0.25) is 5.91 Å². The average Bonchev–Trinajstić information content (AvgIpc) is 3.45. The van der Waals surface area contributed by atoms with Gasteiger partial charge >= 0.3 is 0 Å². The summed E-state index contributed by atoms with van der Waals surface area (Å²) in [6.07, 6.45) is 3.94. The molecule has 2 rings (SSSR count). The van der Waals surface area contributed by atoms with Crippen molar-refractivity contribution in [2.75, 3.05) is 33.4 Å². The number of hydrogen-bond acceptors (Lipinski definition) is 3. The van der Waals surface area contributed by atoms with Crippen LogP contribution in [0.1, 0.15) is 24.8 Å². The van der Waals surface area contributed by atoms with E-state index in [1.807, 2.05) is 0 Å². The molecule has 0 saturated heterocycles. The van der Waals surface area contributed by atoms with Gasteiger partial charge in [-0.2, -0.15) is 0 Å². The minimum Gasteiger partial charge on any atom is -0.381 e. The first-order valence-electron chi connectivity index (χ1n) is 9.14. The van der Waals surface area contributed by atoms with E-state index in [1.54, 1.807) is 19.2 Å². The Bertz CT molecular complexity index is 588. The molecule has 1 fully saturated rings. The summed E-state index contributed by atoms with van der Waals surface area (Å²) in [5.41, 5.74) is 6.37. The van der Waals surface area contributed by atoms with Gasteiger partial charge in [-0.3, -0.25) is 9.79 Å². The SMILES string of the molecule is CN=C(NCCCOCC1CC1)NCC(Cc1ccc(F)cc1)C(N)=O. The van der Waals surface area contributed by atoms with Crippen molar-refractivity contribution in [2.24, 2.45) is 22.6 Å². The molecule has 7 heteroatoms. The number of ether oxygens (including phenoxy) is 1. The zero-order valence-electron chi connectivity index (χ0n) is 15.3. The van der Waals surface area contributed by atoms with Crippen LogP contribution < -0.4 is 16.4 Å². The number of nitrogens with zero attached hydrogens (tertiary/aromatic N) is 1. The van der Waals surface area contributed by atoms with Crippen LogP contribution >= 0.6 is 0 Å². The topological polar surface area (TPSA) is 88.7 Å². The first-order valence-corrected chi connectivity index (χ1v) is 9.14. The molecule has 26 heavy (non-hydrogen) atoms. The number of benzene rings is 1. The van der Waals surface area contributed by atoms with Crippen LogP contribution in [0, 0.1) is 17.7 Å². The van der Waals surface area contributed by atoms with Gasteiger partial charge in [0.05, 0.1) is 5.92 Å². The van der Waals surface area contributed by atoms with E-state index in [0.29, 0.717) is 18.9 Å². The molecule has 1 aromatic rings. The van der Waals surface area contributed by atoms with E-state index in [-0.39, 0.29) is 5.82 Å². The number of carbonyl (C=O) groups excluding carboxylic acids is 1. The maximum Gasteiger partial charge on any atom is 0.222 e. The van der Waals surface area contributed by atoms with E-state index >= 15 is 0 Å². The normalized spacial score (nSPS) is 15.5. The standard InChI is InChI=1S/C19H29FN4O2/c1-22-19(23-9-2-10-26-13-15-3-4-15)24-12-16(18(21)25)11-14-5-7-17(20)8-6-14/h5-8,15-16H,2-4,9-13H2,1H3,(H2,21,25)(H2,22,23,24). The summed E-state index contributed by atoms with van der Waals surface area (Å²) >= 11 is 0. The molecule has 4 N–H and O–H groups in total. The van der Waals surface area contributed by atoms with E-state index < -0.39 is 11.8 Å². The number of guanidine groups is 1. The van der Waals surface area contributed by atoms with E-state index in [4.69, 9.17) is 10.5 Å². The highest BCUT2D eigenvalue weighted by molar-refractivity contribution is 5.81. The minimum absolute atomic E-state index is 0.298. The van der Waals surface area contributed by atoms with Gasteiger partial charge in [-0.05, 0) is 49.3 Å². The van der Waals surface area contributed by atoms with Crippen molar-refractivity contribution >= 4 is 11.9 Å². The summed E-state index contributed by atoms with van der Waals surface area (Å²) in [4.78, 5) is 15.8. The number of aliphatic imine (C=N–C) groups is 1. The first-order chi connectivity index (χ1) is 12.6. The predicted molar refractivity (Wildman–Crippen MR) is 100 cm³/mol. The number of nitrogens with one attached hydrogen (secondary N) is 2. The third-order valence-electron chi connectivity index (χ3n) is 4.35. The Hall–Kier alpha value is -2.15. The predicted octanol–water partition coefficient (Wildman–Crippen LogP) is 1.45. The molecular formula is C19H29FN4O2. The fourth-order valence-electron chi connectivity index (χ4n) is 2.53. The van der Waals surface area contributed by atoms with Gasteiger partial charge in [0.1, 0.15) is 5.82 Å². The lowest BCUT2D eigenvalue weighted by molar-refractivity contribution is -0.121. The fraction of sp³-hybridized carbons (Fsp3) is 0.579. The van der Waals surface area contributed by atoms with Crippen molar-refractivity contribution in [2.45, 2.75) is 25.7 Å². The molecule has 0 aromatic heterocycles. The van der Waals surface area contributed by atoms with Gasteiger partial charge < -0.3 is 21.1 Å². The summed E-state index contributed by atoms with van der Waals surface area (Å²) in [6, 6.07) is 6.10. The van der Waals surface area contributed by atoms with Crippen LogP contribution in [0.3, 0.4) is 0 Å². The number of rotatable bonds is 11. The van der Waals surface area contributed by atoms with Crippen LogP contribution in [0.25, 0.3) is 0 Å². The number of amides is 1. The van der Waals surface area contributed by atoms with Gasteiger partial charge in [0.25, 0.3) is 0 Å². The third-order valence-corrected chi connectivity index (χ3v) is 4.35. The Labute approximate surface area is 154 Å². The second-order valence-corrected chi connectivity index (χ2v) is 6.68. The van der Waals surface area contributed by atoms with Crippen molar-refractivity contribution in [3.8, 4) is 0 Å². The summed E-state index contributed by atoms with van der Waals surface area (Å²) in [7, 11) is 1.68. The van der Waals surface area contributed by atoms with Gasteiger partial charge in [0, 0.05) is 33.4 Å². The Morgan fingerprint density at radius 3 is 2.69 bits per heavy atom. The van der Waals surface area contributed by atoms with Crippen LogP contribution in [-0.4, -0.2) is 45.2 Å². The minimum atomic E-state index is -0.402. The third kappa shape index (κ3) is 7.82. The fourth-order valence-corrected chi connectivity index (χ4v) is 2.53. The van der Waals surface area contributed by atoms with E-state index in [9.17, 15) is 9.18 Å². The molecule has 1 unspecified atom stereocenters. The van der Waals surface area contributed by atoms with Crippen molar-refractivity contribution in [3.63, 3.8) is 0 Å². The van der Waals surface area contributed by atoms with Gasteiger partial charge in [-0.1, -0.05) is 12.1 Å². The average molecular weight is 364 g/mol. The Morgan fingerprint density at radius 1 is 1.35 bits per heavy atom. The molecule has 0 radical (unpaired) electrons. The van der Waals surface area contributed by atoms with Gasteiger partial charge in [-0.15, -0.1) is 0 Å². The molecular weight excluding hydrogens is 335 g/mol. The number of nitrogens with two attached hydrogens (primary N) is 1. The molecule has 0 spiro atoms. The zero-order valence-corrected chi connectivity index (χ0v) is 15.3. The van der Waals surface area contributed by atoms with Gasteiger partial charge in [0.15, 0.2) is 5.96 Å². The van der Waals surface area contributed by atoms with Crippen LogP contribution in [0.4, 0.5) is 4.39 Å². The number of primary amides is 1. The molecule has 144 valence electrons. The van der Waals surface area contributed by atoms with Crippen molar-refractivity contribution in [3.05, 3.63) is 35.6 Å². The summed E-state index contributed by atoms with van der Waals surface area (Å²) in [5, 5.41) is 6.32. The molecule has 1 aliphatic carbocycles. The largest absolute Gasteiger partial charge is 0.381 e. The molecule has 1 saturated carbocycles. The molecule has 0 bridgehead atoms. The summed E-state index contributed by atoms with van der Waals surface area (Å²) < 4.78 is 18.6. The van der Waals surface area contributed by atoms with Crippen LogP contribution in [0.15, 0.2) is 29.3 Å². The lowest BCUT2D eigenvalue weighted by Crippen LogP contribution is -2.43. The quantitative estimate of drug-likeness (QED) is 0.315. The monoisotopic (exact) mass is 364 g/mol. The second-order valence-electron chi connectivity index (χ2n) is 6.68. The van der Waals surface area contributed by atoms with E-state index in [0.717, 1.165) is 37.7 Å². The van der Waals surface area contributed by atoms with Crippen molar-refractivity contribution < 1.29 is 13.9 Å². The highest BCUT2D eigenvalue weighted by Gasteiger charge is 2.20. The molecule has 1 atom stereocenters. The highest BCUT2D eigenvalue weighted by Crippen LogP contribution is 2.28. The van der Waals surface area contributed by atoms with Crippen LogP contribution in [0.2, 0.25) is 0 Å². The summed E-state index contributed by atoms with van der Waals surface area (Å²) in [6.45, 7) is 2.71. The molecule has 1 aromatic carbocycles. The van der Waals surface area contributed by atoms with E-state index in [1.165, 1.54) is 25.0 Å². The lowest BCUT2D eigenvalue weighted by atomic mass is 9.98. The Kier molecular flexibility index (Phi) is 8.34. The Balaban J connectivity index is 1.67. The molecule has 0 aliphatic heterocycles. The van der Waals surface area contributed by atoms with Crippen LogP contribution in [-0.2, 0) is 16.0 Å². The smallest absolute Gasteiger partial charge is 0.222 e. The van der Waals surface area contributed by atoms with Crippen molar-refractivity contribution in [1.29, 1.82) is 0 Å². The molecule has 0 heterocycles. The number of carbonyl (C=O) groups is 1. The number of halogens is 1. The first kappa shape index (κ1) is 20.2. The Morgan fingerprint density at radius 2 is 2.08 bits per heavy atom. The highest BCUT2D eigenvalue weighted by atomic mass is 19.1. The van der Waals surface area contributed by atoms with Crippen molar-refractivity contribution in [1.82, 2.24) is 10.6 Å². The molecule has 6 nitrogen and oxygen atoms in total. The maximum atomic E-state index is 13.0. The van der Waals surface area contributed by atoms with Gasteiger partial charge in [-0.25, -0.2) is 4.39 Å². The second kappa shape index (κ2) is 10.8. The molecule has 1 aliphatic rings. The number of hydrogen-bond donors (Lipinski definition) is 3. The summed E-state index contributed by atoms with van der Waals surface area (Å²) in [5.74, 6) is 0.307. The maximum absolute atomic E-state index is 13.0. The zero-order chi connectivity index (χ0) is 18.8. The van der Waals surface area contributed by atoms with E-state index in [2.05, 4.69) is 15.6 Å². The van der Waals surface area contributed by atoms with Crippen LogP contribution in [0.5, 0.6) is 0 Å².